The molecule has 1 fully saturated rings. The molecule has 1 saturated heterocycles. The van der Waals surface area contributed by atoms with Crippen LogP contribution in [0.2, 0.25) is 0 Å². The van der Waals surface area contributed by atoms with E-state index in [1.54, 1.807) is 0 Å². The summed E-state index contributed by atoms with van der Waals surface area (Å²) in [4.78, 5) is 48.7. The van der Waals surface area contributed by atoms with Gasteiger partial charge in [0, 0.05) is 12.3 Å². The summed E-state index contributed by atoms with van der Waals surface area (Å²) in [7, 11) is -11.0. The second-order valence-corrected chi connectivity index (χ2v) is 11.8. The van der Waals surface area contributed by atoms with Crippen LogP contribution in [0.25, 0.3) is 0 Å². The Morgan fingerprint density at radius 1 is 1.35 bits per heavy atom. The Hall–Kier alpha value is -0.980. The largest absolute Gasteiger partial charge is 0.488 e. The van der Waals surface area contributed by atoms with E-state index in [9.17, 15) is 33.9 Å². The third-order valence-corrected chi connectivity index (χ3v) is 8.47. The second kappa shape index (κ2) is 9.11. The first-order valence-electron chi connectivity index (χ1n) is 7.78. The van der Waals surface area contributed by atoms with E-state index < -0.39 is 58.9 Å². The van der Waals surface area contributed by atoms with E-state index in [0.29, 0.717) is 0 Å². The summed E-state index contributed by atoms with van der Waals surface area (Å²) in [6.45, 7) is -1.98. The average Bonchev–Trinajstić information content (AvgIpc) is 2.82. The Bertz CT molecular complexity index is 975. The molecular formula is C12H17N2O13P3S. The zero-order valence-corrected chi connectivity index (χ0v) is 18.6. The van der Waals surface area contributed by atoms with Crippen LogP contribution in [0.15, 0.2) is 24.7 Å². The van der Waals surface area contributed by atoms with Gasteiger partial charge in [-0.25, -0.2) is 13.4 Å². The Morgan fingerprint density at radius 2 is 1.97 bits per heavy atom. The van der Waals surface area contributed by atoms with Gasteiger partial charge in [-0.05, 0) is 11.8 Å². The number of rotatable bonds is 8. The van der Waals surface area contributed by atoms with Gasteiger partial charge in [0.1, 0.15) is 18.0 Å². The van der Waals surface area contributed by atoms with Crippen LogP contribution in [0.5, 0.6) is 0 Å². The van der Waals surface area contributed by atoms with Crippen molar-refractivity contribution in [1.82, 2.24) is 10.2 Å². The number of nitrogens with zero attached hydrogens (tertiary/aromatic N) is 1. The van der Waals surface area contributed by atoms with Crippen LogP contribution in [0.1, 0.15) is 0 Å². The minimum Gasteiger partial charge on any atom is -0.386 e. The number of carbonyl (C=O) groups is 1. The number of aliphatic hydroxyl groups excluding tert-OH is 1. The molecule has 1 amide bonds. The molecule has 19 heteroatoms. The summed E-state index contributed by atoms with van der Waals surface area (Å²) in [6.07, 6.45) is 2.70. The second-order valence-electron chi connectivity index (χ2n) is 5.99. The van der Waals surface area contributed by atoms with Crippen molar-refractivity contribution in [2.24, 2.45) is 0 Å². The van der Waals surface area contributed by atoms with Crippen molar-refractivity contribution < 1.29 is 61.6 Å². The molecule has 7 N–H and O–H groups in total. The first kappa shape index (κ1) is 26.3. The van der Waals surface area contributed by atoms with Crippen molar-refractivity contribution in [3.8, 4) is 12.3 Å². The molecule has 2 aliphatic rings. The number of aliphatic hydroxyl groups is 2. The van der Waals surface area contributed by atoms with Crippen LogP contribution in [0.3, 0.4) is 0 Å². The molecule has 0 aromatic carbocycles. The molecule has 0 bridgehead atoms. The molecule has 0 spiro atoms. The van der Waals surface area contributed by atoms with Gasteiger partial charge < -0.3 is 49.3 Å². The number of terminal acetylenes is 1. The first-order valence-corrected chi connectivity index (χ1v) is 13.4. The SMILES string of the molecule is C#CC1(O)[C@@H](O)[C@@H](COP(O)(=S)OP(=O)(O)OP(=O)(O)O)O[C@H]1N1C=CC(=O)NC1=C. The third kappa shape index (κ3) is 6.52. The molecule has 0 aromatic rings. The number of phosphoric acid groups is 2. The van der Waals surface area contributed by atoms with Crippen molar-refractivity contribution in [2.45, 2.75) is 24.0 Å². The molecule has 3 unspecified atom stereocenters. The molecule has 2 heterocycles. The highest BCUT2D eigenvalue weighted by Gasteiger charge is 2.57. The van der Waals surface area contributed by atoms with Crippen LogP contribution in [0.4, 0.5) is 0 Å². The van der Waals surface area contributed by atoms with Gasteiger partial charge in [-0.15, -0.1) is 6.42 Å². The van der Waals surface area contributed by atoms with E-state index in [0.717, 1.165) is 11.0 Å². The highest BCUT2D eigenvalue weighted by atomic mass is 32.5. The predicted octanol–water partition coefficient (Wildman–Crippen LogP) is -1.69. The predicted molar refractivity (Wildman–Crippen MR) is 103 cm³/mol. The minimum absolute atomic E-state index is 0.0497. The lowest BCUT2D eigenvalue weighted by atomic mass is 9.94. The minimum atomic E-state index is -5.54. The fourth-order valence-electron chi connectivity index (χ4n) is 2.51. The standard InChI is InChI=1S/C12H17N2O13P3S/c1-3-12(17)10(16)8(25-11(12)14-5-4-9(15)13-7(14)2)6-24-30(23,31)27-29(21,22)26-28(18,19)20/h1,4-5,8,10-11,16-17H,2,6H2,(H,13,15)(H,21,22)(H,23,31)(H2,18,19,20)/t8-,10+,11-,12?,30?/m1/s1. The third-order valence-electron chi connectivity index (χ3n) is 3.75. The van der Waals surface area contributed by atoms with Crippen molar-refractivity contribution >= 4 is 40.1 Å². The van der Waals surface area contributed by atoms with E-state index in [4.69, 9.17) is 25.5 Å². The van der Waals surface area contributed by atoms with Crippen LogP contribution < -0.4 is 5.32 Å². The topological polar surface area (TPSA) is 225 Å². The molecule has 0 radical (unpaired) electrons. The molecule has 2 aliphatic heterocycles. The fourth-order valence-corrected chi connectivity index (χ4v) is 6.49. The number of hydrogen-bond acceptors (Lipinski definition) is 11. The van der Waals surface area contributed by atoms with Crippen molar-refractivity contribution in [3.05, 3.63) is 24.7 Å². The zero-order chi connectivity index (χ0) is 23.8. The normalized spacial score (nSPS) is 32.8. The summed E-state index contributed by atoms with van der Waals surface area (Å²) < 4.78 is 39.9. The van der Waals surface area contributed by atoms with Gasteiger partial charge in [-0.1, -0.05) is 12.5 Å². The van der Waals surface area contributed by atoms with Crippen LogP contribution >= 0.6 is 22.4 Å². The maximum atomic E-state index is 11.5. The lowest BCUT2D eigenvalue weighted by Crippen LogP contribution is -2.54. The van der Waals surface area contributed by atoms with Crippen molar-refractivity contribution in [2.75, 3.05) is 6.61 Å². The Morgan fingerprint density at radius 3 is 2.48 bits per heavy atom. The van der Waals surface area contributed by atoms with Gasteiger partial charge in [0.2, 0.25) is 0 Å². The molecule has 0 aromatic heterocycles. The van der Waals surface area contributed by atoms with Gasteiger partial charge in [0.05, 0.1) is 6.61 Å². The number of ether oxygens (including phenoxy) is 1. The molecule has 174 valence electrons. The Labute approximate surface area is 180 Å². The van der Waals surface area contributed by atoms with E-state index in [1.165, 1.54) is 6.20 Å². The molecule has 15 nitrogen and oxygen atoms in total. The molecular weight excluding hydrogens is 505 g/mol. The van der Waals surface area contributed by atoms with Gasteiger partial charge in [-0.2, -0.15) is 4.31 Å². The van der Waals surface area contributed by atoms with Crippen LogP contribution in [-0.2, 0) is 43.6 Å². The van der Waals surface area contributed by atoms with Crippen molar-refractivity contribution in [1.29, 1.82) is 0 Å². The van der Waals surface area contributed by atoms with Gasteiger partial charge >= 0.3 is 22.4 Å². The van der Waals surface area contributed by atoms with Crippen molar-refractivity contribution in [3.63, 3.8) is 0 Å². The highest BCUT2D eigenvalue weighted by Crippen LogP contribution is 2.66. The van der Waals surface area contributed by atoms with E-state index >= 15 is 0 Å². The number of amides is 1. The number of hydrogen-bond donors (Lipinski definition) is 7. The molecule has 2 rings (SSSR count). The molecule has 0 saturated carbocycles. The smallest absolute Gasteiger partial charge is 0.386 e. The van der Waals surface area contributed by atoms with Gasteiger partial charge in [-0.3, -0.25) is 4.79 Å². The molecule has 0 aliphatic carbocycles. The number of carbonyl (C=O) groups excluding carboxylic acids is 1. The summed E-state index contributed by atoms with van der Waals surface area (Å²) >= 11 is 4.46. The summed E-state index contributed by atoms with van der Waals surface area (Å²) in [6, 6.07) is 0. The zero-order valence-electron chi connectivity index (χ0n) is 15.1. The van der Waals surface area contributed by atoms with Crippen LogP contribution in [-0.4, -0.2) is 71.2 Å². The van der Waals surface area contributed by atoms with E-state index in [1.807, 2.05) is 5.92 Å². The Balaban J connectivity index is 2.13. The maximum Gasteiger partial charge on any atom is 0.488 e. The Kier molecular flexibility index (Phi) is 7.72. The highest BCUT2D eigenvalue weighted by molar-refractivity contribution is 8.08. The molecule has 6 atom stereocenters. The fraction of sp³-hybridized carbons (Fsp3) is 0.417. The van der Waals surface area contributed by atoms with Gasteiger partial charge in [0.15, 0.2) is 11.8 Å². The maximum absolute atomic E-state index is 11.5. The monoisotopic (exact) mass is 522 g/mol. The van der Waals surface area contributed by atoms with E-state index in [2.05, 4.69) is 32.3 Å². The number of nitrogens with one attached hydrogen (secondary N) is 1. The summed E-state index contributed by atoms with van der Waals surface area (Å²) in [5.74, 6) is 1.38. The van der Waals surface area contributed by atoms with E-state index in [-0.39, 0.29) is 5.82 Å². The summed E-state index contributed by atoms with van der Waals surface area (Å²) in [5, 5.41) is 23.4. The molecule has 31 heavy (non-hydrogen) atoms. The summed E-state index contributed by atoms with van der Waals surface area (Å²) in [5.41, 5.74) is -2.38. The lowest BCUT2D eigenvalue weighted by molar-refractivity contribution is -0.120. The van der Waals surface area contributed by atoms with Crippen LogP contribution in [0, 0.1) is 12.3 Å². The average molecular weight is 522 g/mol. The lowest BCUT2D eigenvalue weighted by Gasteiger charge is -2.36. The quantitative estimate of drug-likeness (QED) is 0.140. The first-order chi connectivity index (χ1) is 14.0. The van der Waals surface area contributed by atoms with Gasteiger partial charge in [0.25, 0.3) is 5.91 Å².